The molecule has 5 heteroatoms. The third-order valence-electron chi connectivity index (χ3n) is 4.22. The van der Waals surface area contributed by atoms with Crippen LogP contribution in [0.15, 0.2) is 60.8 Å². The van der Waals surface area contributed by atoms with Crippen molar-refractivity contribution in [1.29, 1.82) is 0 Å². The first kappa shape index (κ1) is 19.0. The zero-order chi connectivity index (χ0) is 17.1. The number of carbonyl (C=O) groups is 1. The Hall–Kier alpha value is -2.30. The Morgan fingerprint density at radius 1 is 1.04 bits per heavy atom. The third kappa shape index (κ3) is 4.03. The molecule has 0 aliphatic carbocycles. The van der Waals surface area contributed by atoms with E-state index >= 15 is 0 Å². The molecule has 3 aromatic rings. The minimum absolute atomic E-state index is 0. The van der Waals surface area contributed by atoms with Crippen LogP contribution in [0.3, 0.4) is 0 Å². The number of carbonyl (C=O) groups excluding carboxylic acids is 1. The minimum Gasteiger partial charge on any atom is -1.00 e. The van der Waals surface area contributed by atoms with Crippen molar-refractivity contribution in [1.82, 2.24) is 4.68 Å². The normalized spacial score (nSPS) is 10.7. The number of benzene rings is 2. The molecule has 0 radical (unpaired) electrons. The van der Waals surface area contributed by atoms with E-state index in [2.05, 4.69) is 44.6 Å². The van der Waals surface area contributed by atoms with E-state index in [0.717, 1.165) is 28.6 Å². The smallest absolute Gasteiger partial charge is 0.238 e. The van der Waals surface area contributed by atoms with E-state index in [-0.39, 0.29) is 18.3 Å². The van der Waals surface area contributed by atoms with Gasteiger partial charge in [0.1, 0.15) is 0 Å². The van der Waals surface area contributed by atoms with Gasteiger partial charge < -0.3 is 17.3 Å². The Labute approximate surface area is 155 Å². The molecule has 1 heterocycles. The number of rotatable bonds is 5. The lowest BCUT2D eigenvalue weighted by Crippen LogP contribution is -3.06. The van der Waals surface area contributed by atoms with E-state index in [4.69, 9.17) is 0 Å². The van der Waals surface area contributed by atoms with Gasteiger partial charge in [0.05, 0.1) is 32.7 Å². The topological polar surface area (TPSA) is 29.7 Å². The minimum atomic E-state index is 0. The number of hydrogen-bond donors (Lipinski definition) is 1. The van der Waals surface area contributed by atoms with Crippen LogP contribution < -0.4 is 22.3 Å². The van der Waals surface area contributed by atoms with E-state index in [1.54, 1.807) is 6.92 Å². The molecule has 25 heavy (non-hydrogen) atoms. The zero-order valence-electron chi connectivity index (χ0n) is 14.9. The molecule has 1 N–H and O–H groups in total. The van der Waals surface area contributed by atoms with E-state index in [9.17, 15) is 4.79 Å². The summed E-state index contributed by atoms with van der Waals surface area (Å²) in [5.41, 5.74) is 3.36. The zero-order valence-corrected chi connectivity index (χ0v) is 15.6. The van der Waals surface area contributed by atoms with Gasteiger partial charge in [-0.3, -0.25) is 9.47 Å². The molecular formula is C20H24ClN3O. The maximum Gasteiger partial charge on any atom is 0.238 e. The van der Waals surface area contributed by atoms with Crippen LogP contribution in [0.25, 0.3) is 22.0 Å². The fraction of sp³-hybridized carbons (Fsp3) is 0.250. The molecule has 0 saturated heterocycles. The van der Waals surface area contributed by atoms with Crippen molar-refractivity contribution in [3.8, 4) is 11.1 Å². The van der Waals surface area contributed by atoms with Crippen molar-refractivity contribution in [2.75, 3.05) is 32.2 Å². The molecule has 4 nitrogen and oxygen atoms in total. The Balaban J connectivity index is 0.00000225. The van der Waals surface area contributed by atoms with Crippen molar-refractivity contribution in [2.24, 2.45) is 0 Å². The van der Waals surface area contributed by atoms with Gasteiger partial charge in [0, 0.05) is 24.1 Å². The standard InChI is InChI=1S/C20H23N3O.ClH/c1-16(24)22(14-13-21(2)3)23-15-19(17-9-5-4-6-10-17)18-11-7-8-12-20(18)23;/h4-12,15H,13-14H2,1-3H3;1H. The highest BCUT2D eigenvalue weighted by Crippen LogP contribution is 2.30. The van der Waals surface area contributed by atoms with Gasteiger partial charge in [-0.1, -0.05) is 48.5 Å². The lowest BCUT2D eigenvalue weighted by Gasteiger charge is -2.24. The predicted molar refractivity (Wildman–Crippen MR) is 98.8 cm³/mol. The maximum atomic E-state index is 12.2. The first-order valence-corrected chi connectivity index (χ1v) is 8.31. The van der Waals surface area contributed by atoms with Crippen molar-refractivity contribution < 1.29 is 22.1 Å². The molecule has 0 bridgehead atoms. The molecule has 3 rings (SSSR count). The summed E-state index contributed by atoms with van der Waals surface area (Å²) in [6, 6.07) is 18.6. The van der Waals surface area contributed by atoms with Crippen LogP contribution >= 0.6 is 0 Å². The van der Waals surface area contributed by atoms with E-state index in [1.165, 1.54) is 4.90 Å². The highest BCUT2D eigenvalue weighted by molar-refractivity contribution is 5.98. The highest BCUT2D eigenvalue weighted by Gasteiger charge is 2.17. The fourth-order valence-electron chi connectivity index (χ4n) is 2.96. The van der Waals surface area contributed by atoms with Gasteiger partial charge in [0.25, 0.3) is 0 Å². The van der Waals surface area contributed by atoms with Gasteiger partial charge >= 0.3 is 0 Å². The Kier molecular flexibility index (Phi) is 6.23. The number of hydrogen-bond acceptors (Lipinski definition) is 1. The van der Waals surface area contributed by atoms with Crippen LogP contribution in [0.1, 0.15) is 6.92 Å². The molecule has 1 amide bonds. The summed E-state index contributed by atoms with van der Waals surface area (Å²) < 4.78 is 2.00. The molecule has 0 unspecified atom stereocenters. The van der Waals surface area contributed by atoms with Crippen molar-refractivity contribution in [3.63, 3.8) is 0 Å². The number of likely N-dealkylation sites (N-methyl/N-ethyl adjacent to an activating group) is 1. The largest absolute Gasteiger partial charge is 1.00 e. The average molecular weight is 358 g/mol. The molecule has 0 fully saturated rings. The van der Waals surface area contributed by atoms with Crippen LogP contribution in [0.5, 0.6) is 0 Å². The van der Waals surface area contributed by atoms with Gasteiger partial charge in [-0.15, -0.1) is 0 Å². The number of halogens is 1. The van der Waals surface area contributed by atoms with E-state index in [0.29, 0.717) is 6.54 Å². The molecule has 0 atom stereocenters. The van der Waals surface area contributed by atoms with Crippen molar-refractivity contribution in [3.05, 3.63) is 60.8 Å². The number of nitrogens with one attached hydrogen (secondary N) is 1. The van der Waals surface area contributed by atoms with E-state index < -0.39 is 0 Å². The predicted octanol–water partition coefficient (Wildman–Crippen LogP) is -1.06. The fourth-order valence-corrected chi connectivity index (χ4v) is 2.96. The number of amides is 1. The molecule has 0 saturated carbocycles. The summed E-state index contributed by atoms with van der Waals surface area (Å²) in [7, 11) is 4.20. The van der Waals surface area contributed by atoms with Crippen molar-refractivity contribution in [2.45, 2.75) is 6.92 Å². The molecule has 1 aromatic heterocycles. The first-order chi connectivity index (χ1) is 11.6. The molecule has 2 aromatic carbocycles. The molecule has 0 aliphatic rings. The monoisotopic (exact) mass is 357 g/mol. The summed E-state index contributed by atoms with van der Waals surface area (Å²) in [4.78, 5) is 13.6. The van der Waals surface area contributed by atoms with Gasteiger partial charge in [-0.2, -0.15) is 0 Å². The second kappa shape index (κ2) is 8.19. The van der Waals surface area contributed by atoms with Crippen LogP contribution in [0, 0.1) is 0 Å². The van der Waals surface area contributed by atoms with Crippen LogP contribution in [0.4, 0.5) is 0 Å². The van der Waals surface area contributed by atoms with Gasteiger partial charge in [-0.25, -0.2) is 5.01 Å². The molecule has 0 spiro atoms. The summed E-state index contributed by atoms with van der Waals surface area (Å²) in [6.45, 7) is 3.21. The summed E-state index contributed by atoms with van der Waals surface area (Å²) in [6.07, 6.45) is 2.08. The number of aromatic nitrogens is 1. The van der Waals surface area contributed by atoms with E-state index in [1.807, 2.05) is 40.0 Å². The van der Waals surface area contributed by atoms with Crippen LogP contribution in [-0.4, -0.2) is 37.8 Å². The van der Waals surface area contributed by atoms with Crippen LogP contribution in [0.2, 0.25) is 0 Å². The maximum absolute atomic E-state index is 12.2. The summed E-state index contributed by atoms with van der Waals surface area (Å²) in [5.74, 6) is 0.0524. The molecule has 0 aliphatic heterocycles. The Morgan fingerprint density at radius 3 is 2.32 bits per heavy atom. The molecular weight excluding hydrogens is 334 g/mol. The van der Waals surface area contributed by atoms with Gasteiger partial charge in [0.15, 0.2) is 0 Å². The number of nitrogens with zero attached hydrogens (tertiary/aromatic N) is 2. The second-order valence-corrected chi connectivity index (χ2v) is 6.37. The quantitative estimate of drug-likeness (QED) is 0.620. The first-order valence-electron chi connectivity index (χ1n) is 8.31. The average Bonchev–Trinajstić information content (AvgIpc) is 2.95. The highest BCUT2D eigenvalue weighted by atomic mass is 35.5. The second-order valence-electron chi connectivity index (χ2n) is 6.37. The van der Waals surface area contributed by atoms with Gasteiger partial charge in [-0.05, 0) is 11.6 Å². The lowest BCUT2D eigenvalue weighted by molar-refractivity contribution is -0.856. The lowest BCUT2D eigenvalue weighted by atomic mass is 10.1. The Bertz CT molecular complexity index is 843. The molecule has 132 valence electrons. The van der Waals surface area contributed by atoms with Gasteiger partial charge in [0.2, 0.25) is 5.91 Å². The SMILES string of the molecule is CC(=O)N(CC[NH+](C)C)n1cc(-c2ccccc2)c2ccccc21.[Cl-]. The van der Waals surface area contributed by atoms with Crippen molar-refractivity contribution >= 4 is 16.8 Å². The summed E-state index contributed by atoms with van der Waals surface area (Å²) >= 11 is 0. The summed E-state index contributed by atoms with van der Waals surface area (Å²) in [5, 5.41) is 2.98. The Morgan fingerprint density at radius 2 is 1.68 bits per heavy atom. The number of fused-ring (bicyclic) bond motifs is 1. The third-order valence-corrected chi connectivity index (χ3v) is 4.22. The van der Waals surface area contributed by atoms with Crippen LogP contribution in [-0.2, 0) is 4.79 Å². The number of para-hydroxylation sites is 1. The number of quaternary nitrogens is 1.